The van der Waals surface area contributed by atoms with Crippen molar-refractivity contribution in [3.05, 3.63) is 46.1 Å². The number of fused-ring (bicyclic) bond motifs is 1. The van der Waals surface area contributed by atoms with Crippen molar-refractivity contribution in [3.63, 3.8) is 0 Å². The summed E-state index contributed by atoms with van der Waals surface area (Å²) in [4.78, 5) is 8.52. The van der Waals surface area contributed by atoms with Crippen molar-refractivity contribution in [1.29, 1.82) is 0 Å². The third-order valence-corrected chi connectivity index (χ3v) is 3.61. The monoisotopic (exact) mass is 380 g/mol. The molecular weight excluding hydrogens is 367 g/mol. The molecule has 0 atom stereocenters. The summed E-state index contributed by atoms with van der Waals surface area (Å²) in [5.41, 5.74) is 3.14. The van der Waals surface area contributed by atoms with E-state index in [0.29, 0.717) is 5.69 Å². The fourth-order valence-electron chi connectivity index (χ4n) is 2.07. The molecule has 3 rings (SSSR count). The van der Waals surface area contributed by atoms with Gasteiger partial charge in [0.15, 0.2) is 9.35 Å². The lowest BCUT2D eigenvalue weighted by Gasteiger charge is -2.17. The number of pyridine rings is 2. The largest absolute Gasteiger partial charge is 0.448 e. The van der Waals surface area contributed by atoms with Crippen molar-refractivity contribution in [3.8, 4) is 11.1 Å². The molecule has 102 valence electrons. The van der Waals surface area contributed by atoms with Gasteiger partial charge in [-0.1, -0.05) is 0 Å². The SMILES string of the molecule is CC(C)(O)c1cc(-c2ccnc3cc(I)oc23)ccn1. The number of hydrogen-bond acceptors (Lipinski definition) is 4. The number of nitrogens with zero attached hydrogens (tertiary/aromatic N) is 2. The van der Waals surface area contributed by atoms with Crippen molar-refractivity contribution < 1.29 is 9.52 Å². The van der Waals surface area contributed by atoms with Gasteiger partial charge in [-0.2, -0.15) is 0 Å². The Morgan fingerprint density at radius 1 is 1.15 bits per heavy atom. The van der Waals surface area contributed by atoms with Crippen LogP contribution in [-0.2, 0) is 5.60 Å². The van der Waals surface area contributed by atoms with E-state index in [1.54, 1.807) is 26.2 Å². The van der Waals surface area contributed by atoms with Crippen molar-refractivity contribution in [2.75, 3.05) is 0 Å². The van der Waals surface area contributed by atoms with Crippen LogP contribution in [-0.4, -0.2) is 15.1 Å². The van der Waals surface area contributed by atoms with Crippen LogP contribution in [0.25, 0.3) is 22.2 Å². The van der Waals surface area contributed by atoms with E-state index in [4.69, 9.17) is 4.42 Å². The Kier molecular flexibility index (Phi) is 3.25. The van der Waals surface area contributed by atoms with Gasteiger partial charge in [-0.25, -0.2) is 0 Å². The maximum Gasteiger partial charge on any atom is 0.166 e. The molecule has 1 N–H and O–H groups in total. The van der Waals surface area contributed by atoms with Crippen LogP contribution < -0.4 is 0 Å². The first-order valence-corrected chi connectivity index (χ1v) is 7.26. The maximum absolute atomic E-state index is 10.1. The minimum atomic E-state index is -0.972. The fraction of sp³-hybridized carbons (Fsp3) is 0.200. The van der Waals surface area contributed by atoms with E-state index in [2.05, 4.69) is 32.6 Å². The van der Waals surface area contributed by atoms with E-state index in [9.17, 15) is 5.11 Å². The van der Waals surface area contributed by atoms with Gasteiger partial charge in [0.25, 0.3) is 0 Å². The number of hydrogen-bond donors (Lipinski definition) is 1. The molecule has 3 aromatic heterocycles. The first kappa shape index (κ1) is 13.5. The van der Waals surface area contributed by atoms with Crippen LogP contribution in [0.4, 0.5) is 0 Å². The highest BCUT2D eigenvalue weighted by atomic mass is 127. The van der Waals surface area contributed by atoms with Gasteiger partial charge in [-0.15, -0.1) is 0 Å². The van der Waals surface area contributed by atoms with E-state index in [0.717, 1.165) is 26.0 Å². The second-order valence-electron chi connectivity index (χ2n) is 5.11. The smallest absolute Gasteiger partial charge is 0.166 e. The predicted octanol–water partition coefficient (Wildman–Crippen LogP) is 3.72. The van der Waals surface area contributed by atoms with Crippen LogP contribution in [0.15, 0.2) is 41.1 Å². The summed E-state index contributed by atoms with van der Waals surface area (Å²) in [6, 6.07) is 7.59. The molecule has 0 bridgehead atoms. The van der Waals surface area contributed by atoms with Gasteiger partial charge >= 0.3 is 0 Å². The lowest BCUT2D eigenvalue weighted by atomic mass is 10.00. The Bertz CT molecular complexity index is 775. The normalized spacial score (nSPS) is 12.0. The molecule has 0 aliphatic rings. The van der Waals surface area contributed by atoms with Gasteiger partial charge < -0.3 is 9.52 Å². The summed E-state index contributed by atoms with van der Waals surface area (Å²) in [6.07, 6.45) is 3.45. The summed E-state index contributed by atoms with van der Waals surface area (Å²) in [5.74, 6) is 0. The number of aliphatic hydroxyl groups is 1. The number of aromatic nitrogens is 2. The lowest BCUT2D eigenvalue weighted by Crippen LogP contribution is -2.17. The van der Waals surface area contributed by atoms with Crippen molar-refractivity contribution in [1.82, 2.24) is 9.97 Å². The zero-order chi connectivity index (χ0) is 14.3. The minimum absolute atomic E-state index is 0.626. The van der Waals surface area contributed by atoms with E-state index in [1.165, 1.54) is 0 Å². The molecule has 0 saturated carbocycles. The van der Waals surface area contributed by atoms with E-state index < -0.39 is 5.60 Å². The first-order chi connectivity index (χ1) is 9.45. The molecule has 0 radical (unpaired) electrons. The Hall–Kier alpha value is -1.47. The average molecular weight is 380 g/mol. The average Bonchev–Trinajstić information content (AvgIpc) is 2.77. The maximum atomic E-state index is 10.1. The Morgan fingerprint density at radius 2 is 1.90 bits per heavy atom. The summed E-state index contributed by atoms with van der Waals surface area (Å²) in [7, 11) is 0. The highest BCUT2D eigenvalue weighted by Gasteiger charge is 2.19. The minimum Gasteiger partial charge on any atom is -0.448 e. The van der Waals surface area contributed by atoms with Gasteiger partial charge in [0.2, 0.25) is 0 Å². The van der Waals surface area contributed by atoms with E-state index >= 15 is 0 Å². The van der Waals surface area contributed by atoms with E-state index in [1.807, 2.05) is 24.3 Å². The topological polar surface area (TPSA) is 59.2 Å². The number of halogens is 1. The van der Waals surface area contributed by atoms with Crippen molar-refractivity contribution in [2.45, 2.75) is 19.4 Å². The highest BCUT2D eigenvalue weighted by Crippen LogP contribution is 2.31. The molecule has 0 spiro atoms. The molecule has 3 heterocycles. The fourth-order valence-corrected chi connectivity index (χ4v) is 2.58. The molecule has 4 nitrogen and oxygen atoms in total. The van der Waals surface area contributed by atoms with Crippen LogP contribution in [0.2, 0.25) is 0 Å². The summed E-state index contributed by atoms with van der Waals surface area (Å²) in [5, 5.41) is 10.1. The molecule has 5 heteroatoms. The molecule has 0 aromatic carbocycles. The third-order valence-electron chi connectivity index (χ3n) is 3.08. The molecule has 0 saturated heterocycles. The molecule has 0 amide bonds. The van der Waals surface area contributed by atoms with Crippen LogP contribution in [0.3, 0.4) is 0 Å². The molecule has 0 aliphatic heterocycles. The van der Waals surface area contributed by atoms with Gasteiger partial charge in [0.1, 0.15) is 11.1 Å². The van der Waals surface area contributed by atoms with Crippen molar-refractivity contribution in [2.24, 2.45) is 0 Å². The lowest BCUT2D eigenvalue weighted by molar-refractivity contribution is 0.0739. The van der Waals surface area contributed by atoms with Gasteiger partial charge in [0, 0.05) is 24.0 Å². The molecule has 0 fully saturated rings. The summed E-state index contributed by atoms with van der Waals surface area (Å²) >= 11 is 2.13. The standard InChI is InChI=1S/C15H13IN2O2/c1-15(2,19)12-7-9(3-5-18-12)10-4-6-17-11-8-13(16)20-14(10)11/h3-8,19H,1-2H3. The summed E-state index contributed by atoms with van der Waals surface area (Å²) < 4.78 is 6.52. The van der Waals surface area contributed by atoms with Gasteiger partial charge in [0.05, 0.1) is 5.69 Å². The quantitative estimate of drug-likeness (QED) is 0.689. The third kappa shape index (κ3) is 2.43. The van der Waals surface area contributed by atoms with Crippen LogP contribution in [0.1, 0.15) is 19.5 Å². The Morgan fingerprint density at radius 3 is 2.65 bits per heavy atom. The van der Waals surface area contributed by atoms with Crippen molar-refractivity contribution >= 4 is 33.7 Å². The second-order valence-corrected chi connectivity index (χ2v) is 6.18. The first-order valence-electron chi connectivity index (χ1n) is 6.18. The Labute approximate surface area is 130 Å². The molecule has 3 aromatic rings. The second kappa shape index (κ2) is 4.82. The predicted molar refractivity (Wildman–Crippen MR) is 85.2 cm³/mol. The van der Waals surface area contributed by atoms with Gasteiger partial charge in [-0.3, -0.25) is 9.97 Å². The summed E-state index contributed by atoms with van der Waals surface area (Å²) in [6.45, 7) is 3.44. The molecular formula is C15H13IN2O2. The highest BCUT2D eigenvalue weighted by molar-refractivity contribution is 14.1. The molecule has 0 unspecified atom stereocenters. The van der Waals surface area contributed by atoms with Gasteiger partial charge in [-0.05, 0) is 60.2 Å². The van der Waals surface area contributed by atoms with Crippen LogP contribution >= 0.6 is 22.6 Å². The van der Waals surface area contributed by atoms with Crippen LogP contribution in [0, 0.1) is 3.77 Å². The number of rotatable bonds is 2. The molecule has 20 heavy (non-hydrogen) atoms. The van der Waals surface area contributed by atoms with E-state index in [-0.39, 0.29) is 0 Å². The molecule has 0 aliphatic carbocycles. The van der Waals surface area contributed by atoms with Crippen LogP contribution in [0.5, 0.6) is 0 Å². The zero-order valence-electron chi connectivity index (χ0n) is 11.1. The zero-order valence-corrected chi connectivity index (χ0v) is 13.2. The Balaban J connectivity index is 2.21. The number of furan rings is 1.